The van der Waals surface area contributed by atoms with Gasteiger partial charge in [0, 0.05) is 12.1 Å². The first-order valence-corrected chi connectivity index (χ1v) is 10.6. The van der Waals surface area contributed by atoms with Gasteiger partial charge in [0.1, 0.15) is 6.33 Å². The smallest absolute Gasteiger partial charge is 0.261 e. The van der Waals surface area contributed by atoms with Gasteiger partial charge in [-0.25, -0.2) is 9.67 Å². The number of imide groups is 1. The zero-order valence-electron chi connectivity index (χ0n) is 17.7. The lowest BCUT2D eigenvalue weighted by Crippen LogP contribution is -2.30. The summed E-state index contributed by atoms with van der Waals surface area (Å²) >= 11 is 0. The summed E-state index contributed by atoms with van der Waals surface area (Å²) in [6.45, 7) is 2.47. The third-order valence-electron chi connectivity index (χ3n) is 5.73. The van der Waals surface area contributed by atoms with Crippen LogP contribution in [0.15, 0.2) is 79.1 Å². The van der Waals surface area contributed by atoms with Gasteiger partial charge in [0.25, 0.3) is 11.8 Å². The van der Waals surface area contributed by atoms with Crippen LogP contribution >= 0.6 is 0 Å². The van der Waals surface area contributed by atoms with Crippen LogP contribution in [0.3, 0.4) is 0 Å². The number of rotatable bonds is 6. The number of amides is 2. The van der Waals surface area contributed by atoms with Gasteiger partial charge in [0.15, 0.2) is 5.82 Å². The number of benzene rings is 3. The molecule has 0 radical (unpaired) electrons. The van der Waals surface area contributed by atoms with Gasteiger partial charge < -0.3 is 0 Å². The highest BCUT2D eigenvalue weighted by molar-refractivity contribution is 6.21. The van der Waals surface area contributed by atoms with Crippen LogP contribution in [0.2, 0.25) is 0 Å². The third kappa shape index (κ3) is 3.71. The molecule has 6 heteroatoms. The maximum Gasteiger partial charge on any atom is 0.261 e. The monoisotopic (exact) mass is 422 g/mol. The van der Waals surface area contributed by atoms with Gasteiger partial charge in [-0.2, -0.15) is 0 Å². The van der Waals surface area contributed by atoms with E-state index in [1.807, 2.05) is 48.5 Å². The number of aromatic nitrogens is 3. The van der Waals surface area contributed by atoms with Crippen LogP contribution in [-0.2, 0) is 6.42 Å². The van der Waals surface area contributed by atoms with Crippen molar-refractivity contribution in [1.82, 2.24) is 19.7 Å². The summed E-state index contributed by atoms with van der Waals surface area (Å²) in [5.74, 6) is 0.274. The maximum absolute atomic E-state index is 12.5. The van der Waals surface area contributed by atoms with Crippen LogP contribution in [0.5, 0.6) is 0 Å². The van der Waals surface area contributed by atoms with Crippen molar-refractivity contribution in [2.45, 2.75) is 19.8 Å². The van der Waals surface area contributed by atoms with Crippen molar-refractivity contribution in [3.05, 3.63) is 101 Å². The molecule has 32 heavy (non-hydrogen) atoms. The normalized spacial score (nSPS) is 13.0. The molecule has 0 unspecified atom stereocenters. The molecule has 1 aliphatic rings. The lowest BCUT2D eigenvalue weighted by atomic mass is 10.1. The predicted octanol–water partition coefficient (Wildman–Crippen LogP) is 4.47. The minimum absolute atomic E-state index is 0.198. The van der Waals surface area contributed by atoms with Gasteiger partial charge in [0.05, 0.1) is 16.8 Å². The molecule has 0 atom stereocenters. The summed E-state index contributed by atoms with van der Waals surface area (Å²) < 4.78 is 1.77. The van der Waals surface area contributed by atoms with Crippen LogP contribution in [0.25, 0.3) is 17.1 Å². The number of hydrogen-bond donors (Lipinski definition) is 0. The average Bonchev–Trinajstić information content (AvgIpc) is 3.40. The van der Waals surface area contributed by atoms with Gasteiger partial charge in [-0.15, -0.1) is 5.10 Å². The lowest BCUT2D eigenvalue weighted by Gasteiger charge is -2.13. The fourth-order valence-electron chi connectivity index (χ4n) is 3.92. The minimum atomic E-state index is -0.198. The summed E-state index contributed by atoms with van der Waals surface area (Å²) in [7, 11) is 0. The van der Waals surface area contributed by atoms with Crippen molar-refractivity contribution >= 4 is 11.8 Å². The van der Waals surface area contributed by atoms with Gasteiger partial charge in [0.2, 0.25) is 0 Å². The number of carbonyl (C=O) groups is 2. The fourth-order valence-corrected chi connectivity index (χ4v) is 3.92. The Labute approximate surface area is 186 Å². The molecule has 0 aliphatic carbocycles. The van der Waals surface area contributed by atoms with E-state index in [-0.39, 0.29) is 11.8 Å². The Morgan fingerprint density at radius 2 is 1.47 bits per heavy atom. The Kier molecular flexibility index (Phi) is 5.11. The van der Waals surface area contributed by atoms with E-state index >= 15 is 0 Å². The molecule has 0 fully saturated rings. The van der Waals surface area contributed by atoms with Gasteiger partial charge >= 0.3 is 0 Å². The highest BCUT2D eigenvalue weighted by atomic mass is 16.2. The summed E-state index contributed by atoms with van der Waals surface area (Å²) in [4.78, 5) is 30.7. The molecule has 0 N–H and O–H groups in total. The molecular weight excluding hydrogens is 400 g/mol. The second-order valence-electron chi connectivity index (χ2n) is 7.96. The first-order valence-electron chi connectivity index (χ1n) is 10.6. The molecule has 6 nitrogen and oxygen atoms in total. The topological polar surface area (TPSA) is 68.1 Å². The maximum atomic E-state index is 12.5. The molecule has 1 aliphatic heterocycles. The van der Waals surface area contributed by atoms with Crippen LogP contribution in [0.4, 0.5) is 0 Å². The summed E-state index contributed by atoms with van der Waals surface area (Å²) in [5.41, 5.74) is 5.26. The number of aryl methyl sites for hydroxylation is 2. The molecule has 5 rings (SSSR count). The molecule has 0 bridgehead atoms. The number of carbonyl (C=O) groups excluding carboxylic acids is 2. The SMILES string of the molecule is Cc1ccc(-n2cnc(-c3ccc(CCCN4C(=O)c5ccccc5C4=O)cc3)n2)cc1. The standard InChI is InChI=1S/C26H22N4O2/c1-18-8-14-21(15-9-18)30-17-27-24(28-30)20-12-10-19(11-13-20)5-4-16-29-25(31)22-6-2-3-7-23(22)26(29)32/h2-3,6-15,17H,4-5,16H2,1H3. The Balaban J connectivity index is 1.20. The van der Waals surface area contributed by atoms with E-state index in [1.165, 1.54) is 10.5 Å². The number of fused-ring (bicyclic) bond motifs is 1. The molecule has 0 saturated heterocycles. The first kappa shape index (κ1) is 19.9. The van der Waals surface area contributed by atoms with Crippen molar-refractivity contribution in [3.63, 3.8) is 0 Å². The highest BCUT2D eigenvalue weighted by Gasteiger charge is 2.34. The number of hydrogen-bond acceptors (Lipinski definition) is 4. The van der Waals surface area contributed by atoms with Gasteiger partial charge in [-0.05, 0) is 49.6 Å². The molecule has 0 spiro atoms. The zero-order valence-corrected chi connectivity index (χ0v) is 17.7. The van der Waals surface area contributed by atoms with Crippen molar-refractivity contribution in [3.8, 4) is 17.1 Å². The Bertz CT molecular complexity index is 1260. The quantitative estimate of drug-likeness (QED) is 0.430. The molecule has 4 aromatic rings. The van der Waals surface area contributed by atoms with E-state index in [1.54, 1.807) is 35.3 Å². The van der Waals surface area contributed by atoms with E-state index in [4.69, 9.17) is 0 Å². The van der Waals surface area contributed by atoms with E-state index in [9.17, 15) is 9.59 Å². The van der Waals surface area contributed by atoms with Crippen LogP contribution in [0, 0.1) is 6.92 Å². The zero-order chi connectivity index (χ0) is 22.1. The largest absolute Gasteiger partial charge is 0.274 e. The lowest BCUT2D eigenvalue weighted by molar-refractivity contribution is 0.0652. The predicted molar refractivity (Wildman–Crippen MR) is 122 cm³/mol. The Morgan fingerprint density at radius 1 is 0.812 bits per heavy atom. The Hall–Kier alpha value is -4.06. The highest BCUT2D eigenvalue weighted by Crippen LogP contribution is 2.23. The minimum Gasteiger partial charge on any atom is -0.274 e. The number of nitrogens with zero attached hydrogens (tertiary/aromatic N) is 4. The molecule has 0 saturated carbocycles. The summed E-state index contributed by atoms with van der Waals surface area (Å²) in [5, 5.41) is 4.58. The second kappa shape index (κ2) is 8.23. The van der Waals surface area contributed by atoms with Crippen molar-refractivity contribution < 1.29 is 9.59 Å². The van der Waals surface area contributed by atoms with Crippen LogP contribution < -0.4 is 0 Å². The summed E-state index contributed by atoms with van der Waals surface area (Å²) in [6, 6.07) is 23.2. The molecule has 3 aromatic carbocycles. The molecule has 1 aromatic heterocycles. The van der Waals surface area contributed by atoms with Gasteiger partial charge in [-0.1, -0.05) is 54.1 Å². The van der Waals surface area contributed by atoms with Gasteiger partial charge in [-0.3, -0.25) is 14.5 Å². The van der Waals surface area contributed by atoms with Crippen LogP contribution in [0.1, 0.15) is 38.3 Å². The third-order valence-corrected chi connectivity index (χ3v) is 5.73. The fraction of sp³-hybridized carbons (Fsp3) is 0.154. The van der Waals surface area contributed by atoms with E-state index in [2.05, 4.69) is 17.0 Å². The van der Waals surface area contributed by atoms with Crippen molar-refractivity contribution in [2.75, 3.05) is 6.54 Å². The summed E-state index contributed by atoms with van der Waals surface area (Å²) in [6.07, 6.45) is 3.21. The average molecular weight is 422 g/mol. The van der Waals surface area contributed by atoms with E-state index < -0.39 is 0 Å². The second-order valence-corrected chi connectivity index (χ2v) is 7.96. The van der Waals surface area contributed by atoms with Crippen LogP contribution in [-0.4, -0.2) is 38.0 Å². The van der Waals surface area contributed by atoms with Crippen molar-refractivity contribution in [2.24, 2.45) is 0 Å². The van der Waals surface area contributed by atoms with Crippen molar-refractivity contribution in [1.29, 1.82) is 0 Å². The molecule has 2 heterocycles. The van der Waals surface area contributed by atoms with E-state index in [0.29, 0.717) is 29.9 Å². The molecular formula is C26H22N4O2. The first-order chi connectivity index (χ1) is 15.6. The van der Waals surface area contributed by atoms with E-state index in [0.717, 1.165) is 23.2 Å². The molecule has 158 valence electrons. The Morgan fingerprint density at radius 3 is 2.12 bits per heavy atom. The molecule has 2 amide bonds.